The van der Waals surface area contributed by atoms with E-state index in [0.717, 1.165) is 35.5 Å². The third-order valence-corrected chi connectivity index (χ3v) is 3.26. The largest absolute Gasteiger partial charge is 0.497 e. The second-order valence-electron chi connectivity index (χ2n) is 4.68. The quantitative estimate of drug-likeness (QED) is 0.654. The first-order valence-electron chi connectivity index (χ1n) is 6.92. The van der Waals surface area contributed by atoms with E-state index in [9.17, 15) is 0 Å². The van der Waals surface area contributed by atoms with Crippen LogP contribution in [0.5, 0.6) is 11.5 Å². The first kappa shape index (κ1) is 16.1. The second kappa shape index (κ2) is 7.66. The van der Waals surface area contributed by atoms with Gasteiger partial charge in [0.25, 0.3) is 0 Å². The highest BCUT2D eigenvalue weighted by Crippen LogP contribution is 2.17. The summed E-state index contributed by atoms with van der Waals surface area (Å²) in [7, 11) is 1.65. The van der Waals surface area contributed by atoms with Crippen LogP contribution in [0.2, 0.25) is 0 Å². The van der Waals surface area contributed by atoms with Gasteiger partial charge in [0.2, 0.25) is 0 Å². The van der Waals surface area contributed by atoms with Crippen LogP contribution >= 0.6 is 12.4 Å². The number of benzene rings is 2. The lowest BCUT2D eigenvalue weighted by Gasteiger charge is -2.07. The normalized spacial score (nSPS) is 10.2. The molecule has 0 saturated heterocycles. The summed E-state index contributed by atoms with van der Waals surface area (Å²) in [4.78, 5) is 0. The Labute approximate surface area is 135 Å². The van der Waals surface area contributed by atoms with Gasteiger partial charge in [-0.15, -0.1) is 17.5 Å². The summed E-state index contributed by atoms with van der Waals surface area (Å²) in [6.45, 7) is 1.43. The zero-order chi connectivity index (χ0) is 14.5. The van der Waals surface area contributed by atoms with Gasteiger partial charge in [-0.1, -0.05) is 17.3 Å². The van der Waals surface area contributed by atoms with Crippen molar-refractivity contribution in [2.45, 2.75) is 13.0 Å². The Morgan fingerprint density at radius 3 is 2.50 bits per heavy atom. The molecule has 0 fully saturated rings. The van der Waals surface area contributed by atoms with Gasteiger partial charge in [-0.05, 0) is 36.4 Å². The highest BCUT2D eigenvalue weighted by atomic mass is 35.5. The standard InChI is InChI=1S/C16H17N3O2.ClH/c1-20-13-7-9-14(10-8-13)21-12-4-11-19-16-6-3-2-5-15(16)17-18-19;/h2-3,5-10H,4,11-12H2,1H3;1H. The van der Waals surface area contributed by atoms with Crippen LogP contribution in [0.15, 0.2) is 48.5 Å². The molecule has 1 aromatic heterocycles. The van der Waals surface area contributed by atoms with Crippen molar-refractivity contribution in [2.24, 2.45) is 0 Å². The van der Waals surface area contributed by atoms with E-state index in [4.69, 9.17) is 9.47 Å². The number of ether oxygens (including phenoxy) is 2. The zero-order valence-corrected chi connectivity index (χ0v) is 13.1. The van der Waals surface area contributed by atoms with Crippen LogP contribution in [-0.2, 0) is 6.54 Å². The van der Waals surface area contributed by atoms with Gasteiger partial charge in [0, 0.05) is 13.0 Å². The molecule has 3 aromatic rings. The highest BCUT2D eigenvalue weighted by molar-refractivity contribution is 5.85. The van der Waals surface area contributed by atoms with Crippen LogP contribution < -0.4 is 9.47 Å². The average Bonchev–Trinajstić information content (AvgIpc) is 2.95. The molecule has 0 N–H and O–H groups in total. The molecule has 1 heterocycles. The lowest BCUT2D eigenvalue weighted by Crippen LogP contribution is -2.05. The van der Waals surface area contributed by atoms with Crippen molar-refractivity contribution in [3.05, 3.63) is 48.5 Å². The van der Waals surface area contributed by atoms with Crippen molar-refractivity contribution in [1.82, 2.24) is 15.0 Å². The SMILES string of the molecule is COc1ccc(OCCCn2nnc3ccccc32)cc1.Cl. The molecule has 2 aromatic carbocycles. The molecule has 0 bridgehead atoms. The van der Waals surface area contributed by atoms with E-state index in [-0.39, 0.29) is 12.4 Å². The molecular weight excluding hydrogens is 302 g/mol. The van der Waals surface area contributed by atoms with E-state index in [0.29, 0.717) is 6.61 Å². The van der Waals surface area contributed by atoms with Gasteiger partial charge in [-0.3, -0.25) is 0 Å². The Bertz CT molecular complexity index is 713. The summed E-state index contributed by atoms with van der Waals surface area (Å²) >= 11 is 0. The van der Waals surface area contributed by atoms with Gasteiger partial charge in [0.05, 0.1) is 19.2 Å². The monoisotopic (exact) mass is 319 g/mol. The van der Waals surface area contributed by atoms with Crippen LogP contribution in [0.1, 0.15) is 6.42 Å². The molecule has 116 valence electrons. The molecule has 0 amide bonds. The molecule has 6 heteroatoms. The van der Waals surface area contributed by atoms with E-state index in [2.05, 4.69) is 10.3 Å². The topological polar surface area (TPSA) is 49.2 Å². The minimum Gasteiger partial charge on any atom is -0.497 e. The Balaban J connectivity index is 0.00000176. The van der Waals surface area contributed by atoms with Crippen LogP contribution in [0.4, 0.5) is 0 Å². The molecule has 0 saturated carbocycles. The zero-order valence-electron chi connectivity index (χ0n) is 12.3. The number of methoxy groups -OCH3 is 1. The van der Waals surface area contributed by atoms with Crippen molar-refractivity contribution in [3.8, 4) is 11.5 Å². The lowest BCUT2D eigenvalue weighted by atomic mass is 10.3. The van der Waals surface area contributed by atoms with E-state index >= 15 is 0 Å². The molecule has 0 aliphatic heterocycles. The fourth-order valence-corrected chi connectivity index (χ4v) is 2.16. The number of aromatic nitrogens is 3. The van der Waals surface area contributed by atoms with Gasteiger partial charge >= 0.3 is 0 Å². The van der Waals surface area contributed by atoms with Crippen LogP contribution in [0.25, 0.3) is 11.0 Å². The molecule has 5 nitrogen and oxygen atoms in total. The van der Waals surface area contributed by atoms with Crippen molar-refractivity contribution in [3.63, 3.8) is 0 Å². The number of rotatable bonds is 6. The molecule has 3 rings (SSSR count). The number of halogens is 1. The van der Waals surface area contributed by atoms with Gasteiger partial charge in [-0.2, -0.15) is 0 Å². The molecule has 0 spiro atoms. The maximum atomic E-state index is 5.70. The number of para-hydroxylation sites is 1. The summed E-state index contributed by atoms with van der Waals surface area (Å²) in [6.07, 6.45) is 0.874. The van der Waals surface area contributed by atoms with E-state index < -0.39 is 0 Å². The van der Waals surface area contributed by atoms with Crippen molar-refractivity contribution in [2.75, 3.05) is 13.7 Å². The summed E-state index contributed by atoms with van der Waals surface area (Å²) in [5, 5.41) is 8.29. The minimum atomic E-state index is 0. The summed E-state index contributed by atoms with van der Waals surface area (Å²) < 4.78 is 12.7. The fraction of sp³-hybridized carbons (Fsp3) is 0.250. The van der Waals surface area contributed by atoms with Crippen molar-refractivity contribution < 1.29 is 9.47 Å². The number of hydrogen-bond donors (Lipinski definition) is 0. The predicted octanol–water partition coefficient (Wildman–Crippen LogP) is 3.33. The molecule has 0 atom stereocenters. The van der Waals surface area contributed by atoms with Gasteiger partial charge < -0.3 is 9.47 Å². The first-order chi connectivity index (χ1) is 10.4. The Kier molecular flexibility index (Phi) is 5.61. The van der Waals surface area contributed by atoms with Gasteiger partial charge in [-0.25, -0.2) is 4.68 Å². The minimum absolute atomic E-state index is 0. The third-order valence-electron chi connectivity index (χ3n) is 3.26. The number of aryl methyl sites for hydroxylation is 1. The summed E-state index contributed by atoms with van der Waals surface area (Å²) in [5.74, 6) is 1.68. The van der Waals surface area contributed by atoms with Crippen LogP contribution in [-0.4, -0.2) is 28.7 Å². The number of nitrogens with zero attached hydrogens (tertiary/aromatic N) is 3. The molecule has 0 unspecified atom stereocenters. The molecule has 0 aliphatic rings. The summed E-state index contributed by atoms with van der Waals surface area (Å²) in [6, 6.07) is 15.5. The fourth-order valence-electron chi connectivity index (χ4n) is 2.16. The Morgan fingerprint density at radius 1 is 1.00 bits per heavy atom. The van der Waals surface area contributed by atoms with Gasteiger partial charge in [0.15, 0.2) is 0 Å². The molecule has 0 radical (unpaired) electrons. The van der Waals surface area contributed by atoms with E-state index in [1.807, 2.05) is 53.2 Å². The van der Waals surface area contributed by atoms with E-state index in [1.54, 1.807) is 7.11 Å². The van der Waals surface area contributed by atoms with Crippen molar-refractivity contribution in [1.29, 1.82) is 0 Å². The maximum absolute atomic E-state index is 5.70. The number of hydrogen-bond acceptors (Lipinski definition) is 4. The molecule has 0 aliphatic carbocycles. The highest BCUT2D eigenvalue weighted by Gasteiger charge is 2.02. The van der Waals surface area contributed by atoms with E-state index in [1.165, 1.54) is 0 Å². The second-order valence-corrected chi connectivity index (χ2v) is 4.68. The van der Waals surface area contributed by atoms with Crippen LogP contribution in [0.3, 0.4) is 0 Å². The summed E-state index contributed by atoms with van der Waals surface area (Å²) in [5.41, 5.74) is 1.98. The predicted molar refractivity (Wildman–Crippen MR) is 87.9 cm³/mol. The number of fused-ring (bicyclic) bond motifs is 1. The average molecular weight is 320 g/mol. The van der Waals surface area contributed by atoms with Gasteiger partial charge in [0.1, 0.15) is 17.0 Å². The Morgan fingerprint density at radius 2 is 1.73 bits per heavy atom. The third kappa shape index (κ3) is 3.68. The maximum Gasteiger partial charge on any atom is 0.119 e. The first-order valence-corrected chi connectivity index (χ1v) is 6.92. The molecule has 22 heavy (non-hydrogen) atoms. The Hall–Kier alpha value is -2.27. The smallest absolute Gasteiger partial charge is 0.119 e. The lowest BCUT2D eigenvalue weighted by molar-refractivity contribution is 0.298. The molecular formula is C16H18ClN3O2. The van der Waals surface area contributed by atoms with Crippen molar-refractivity contribution >= 4 is 23.4 Å². The van der Waals surface area contributed by atoms with Crippen LogP contribution in [0, 0.1) is 0 Å².